The third kappa shape index (κ3) is 3.77. The minimum atomic E-state index is -0.291. The molecular formula is C23H27FN6O. The molecule has 5 rings (SSSR count). The number of nitrogens with zero attached hydrogens (tertiary/aromatic N) is 4. The second kappa shape index (κ2) is 7.94. The van der Waals surface area contributed by atoms with Crippen molar-refractivity contribution in [3.05, 3.63) is 42.2 Å². The number of hydrogen-bond donors (Lipinski definition) is 2. The van der Waals surface area contributed by atoms with Crippen molar-refractivity contribution in [2.24, 2.45) is 0 Å². The molecule has 162 valence electrons. The molecule has 0 bridgehead atoms. The van der Waals surface area contributed by atoms with E-state index >= 15 is 0 Å². The highest BCUT2D eigenvalue weighted by Gasteiger charge is 2.28. The van der Waals surface area contributed by atoms with Gasteiger partial charge in [-0.05, 0) is 56.9 Å². The molecule has 2 aromatic carbocycles. The average molecular weight is 423 g/mol. The average Bonchev–Trinajstić information content (AvgIpc) is 3.35. The molecule has 0 saturated carbocycles. The Morgan fingerprint density at radius 2 is 2.06 bits per heavy atom. The number of anilines is 1. The van der Waals surface area contributed by atoms with E-state index in [9.17, 15) is 4.39 Å². The number of benzene rings is 2. The molecule has 0 unspecified atom stereocenters. The molecule has 4 aromatic rings. The minimum Gasteiger partial charge on any atom is -0.373 e. The number of ether oxygens (including phenoxy) is 1. The summed E-state index contributed by atoms with van der Waals surface area (Å²) in [5, 5.41) is 8.09. The zero-order valence-electron chi connectivity index (χ0n) is 18.0. The first kappa shape index (κ1) is 20.0. The summed E-state index contributed by atoms with van der Waals surface area (Å²) in [7, 11) is 4.15. The van der Waals surface area contributed by atoms with Gasteiger partial charge in [0.25, 0.3) is 0 Å². The van der Waals surface area contributed by atoms with Crippen LogP contribution >= 0.6 is 0 Å². The third-order valence-electron chi connectivity index (χ3n) is 5.95. The molecule has 0 aliphatic carbocycles. The molecule has 1 saturated heterocycles. The van der Waals surface area contributed by atoms with Crippen LogP contribution in [0.25, 0.3) is 33.5 Å². The number of hydrogen-bond acceptors (Lipinski definition) is 5. The van der Waals surface area contributed by atoms with E-state index < -0.39 is 0 Å². The second-order valence-electron chi connectivity index (χ2n) is 8.48. The Labute approximate surface area is 180 Å². The van der Waals surface area contributed by atoms with Crippen molar-refractivity contribution in [1.82, 2.24) is 25.1 Å². The van der Waals surface area contributed by atoms with Crippen molar-refractivity contribution in [2.45, 2.75) is 25.5 Å². The number of rotatable bonds is 5. The van der Waals surface area contributed by atoms with Gasteiger partial charge in [-0.3, -0.25) is 5.10 Å². The molecule has 7 nitrogen and oxygen atoms in total. The summed E-state index contributed by atoms with van der Waals surface area (Å²) < 4.78 is 19.6. The molecule has 1 aliphatic heterocycles. The molecule has 1 aliphatic rings. The first-order valence-electron chi connectivity index (χ1n) is 10.7. The molecule has 31 heavy (non-hydrogen) atoms. The Hall–Kier alpha value is -2.97. The molecule has 0 amide bonds. The molecule has 0 radical (unpaired) electrons. The van der Waals surface area contributed by atoms with Crippen LogP contribution in [0.3, 0.4) is 0 Å². The zero-order chi connectivity index (χ0) is 21.5. The van der Waals surface area contributed by atoms with E-state index in [0.717, 1.165) is 48.2 Å². The molecule has 2 atom stereocenters. The van der Waals surface area contributed by atoms with Crippen molar-refractivity contribution >= 4 is 27.6 Å². The van der Waals surface area contributed by atoms with Crippen molar-refractivity contribution in [2.75, 3.05) is 38.7 Å². The monoisotopic (exact) mass is 422 g/mol. The number of fused-ring (bicyclic) bond motifs is 2. The summed E-state index contributed by atoms with van der Waals surface area (Å²) in [6.45, 7) is 4.69. The lowest BCUT2D eigenvalue weighted by atomic mass is 10.1. The summed E-state index contributed by atoms with van der Waals surface area (Å²) >= 11 is 0. The standard InChI is InChI=1S/C23H27FN6O/c1-4-15-13-31-17(11-29(2)3)12-30(15)16-6-8-19-21(10-16)26-23(25-19)22-18-7-5-14(24)9-20(18)27-28-22/h5-10,15,17H,4,11-13H2,1-3H3,(H,25,26)(H,27,28)/t15-,17+/m1/s1. The molecule has 1 fully saturated rings. The van der Waals surface area contributed by atoms with E-state index in [0.29, 0.717) is 23.1 Å². The van der Waals surface area contributed by atoms with E-state index in [4.69, 9.17) is 9.72 Å². The predicted molar refractivity (Wildman–Crippen MR) is 121 cm³/mol. The van der Waals surface area contributed by atoms with Crippen LogP contribution in [0.2, 0.25) is 0 Å². The van der Waals surface area contributed by atoms with Crippen molar-refractivity contribution in [1.29, 1.82) is 0 Å². The summed E-state index contributed by atoms with van der Waals surface area (Å²) in [4.78, 5) is 12.7. The smallest absolute Gasteiger partial charge is 0.159 e. The summed E-state index contributed by atoms with van der Waals surface area (Å²) in [6.07, 6.45) is 1.21. The predicted octanol–water partition coefficient (Wildman–Crippen LogP) is 3.79. The third-order valence-corrected chi connectivity index (χ3v) is 5.95. The number of aromatic nitrogens is 4. The van der Waals surface area contributed by atoms with Gasteiger partial charge >= 0.3 is 0 Å². The highest BCUT2D eigenvalue weighted by Crippen LogP contribution is 2.30. The van der Waals surface area contributed by atoms with Gasteiger partial charge in [0.05, 0.1) is 35.3 Å². The molecule has 2 aromatic heterocycles. The van der Waals surface area contributed by atoms with Crippen molar-refractivity contribution in [3.8, 4) is 11.5 Å². The normalized spacial score (nSPS) is 19.7. The van der Waals surface area contributed by atoms with Gasteiger partial charge < -0.3 is 19.5 Å². The van der Waals surface area contributed by atoms with E-state index in [1.807, 2.05) is 6.07 Å². The number of likely N-dealkylation sites (N-methyl/N-ethyl adjacent to an activating group) is 1. The van der Waals surface area contributed by atoms with Gasteiger partial charge in [0.2, 0.25) is 0 Å². The number of imidazole rings is 1. The Balaban J connectivity index is 1.48. The van der Waals surface area contributed by atoms with Gasteiger partial charge in [0.1, 0.15) is 11.5 Å². The largest absolute Gasteiger partial charge is 0.373 e. The summed E-state index contributed by atoms with van der Waals surface area (Å²) in [6, 6.07) is 11.3. The number of aromatic amines is 2. The lowest BCUT2D eigenvalue weighted by Gasteiger charge is -2.41. The van der Waals surface area contributed by atoms with Crippen LogP contribution in [0.4, 0.5) is 10.1 Å². The lowest BCUT2D eigenvalue weighted by Crippen LogP contribution is -2.52. The van der Waals surface area contributed by atoms with Crippen LogP contribution in [0.1, 0.15) is 13.3 Å². The van der Waals surface area contributed by atoms with Gasteiger partial charge in [0.15, 0.2) is 5.82 Å². The first-order chi connectivity index (χ1) is 15.0. The number of halogens is 1. The topological polar surface area (TPSA) is 73.1 Å². The number of H-pyrrole nitrogens is 2. The fourth-order valence-corrected chi connectivity index (χ4v) is 4.39. The highest BCUT2D eigenvalue weighted by atomic mass is 19.1. The summed E-state index contributed by atoms with van der Waals surface area (Å²) in [5.41, 5.74) is 4.34. The lowest BCUT2D eigenvalue weighted by molar-refractivity contribution is 0.00513. The van der Waals surface area contributed by atoms with E-state index in [2.05, 4.69) is 58.1 Å². The fraction of sp³-hybridized carbons (Fsp3) is 0.391. The molecular weight excluding hydrogens is 395 g/mol. The minimum absolute atomic E-state index is 0.182. The van der Waals surface area contributed by atoms with Gasteiger partial charge in [-0.1, -0.05) is 6.92 Å². The summed E-state index contributed by atoms with van der Waals surface area (Å²) in [5.74, 6) is 0.380. The first-order valence-corrected chi connectivity index (χ1v) is 10.7. The van der Waals surface area contributed by atoms with Crippen LogP contribution in [0.5, 0.6) is 0 Å². The van der Waals surface area contributed by atoms with Crippen molar-refractivity contribution in [3.63, 3.8) is 0 Å². The number of morpholine rings is 1. The Morgan fingerprint density at radius 1 is 1.19 bits per heavy atom. The number of nitrogens with one attached hydrogen (secondary N) is 2. The fourth-order valence-electron chi connectivity index (χ4n) is 4.39. The molecule has 0 spiro atoms. The molecule has 3 heterocycles. The van der Waals surface area contributed by atoms with E-state index in [1.165, 1.54) is 12.1 Å². The Bertz CT molecular complexity index is 1220. The van der Waals surface area contributed by atoms with Gasteiger partial charge in [-0.15, -0.1) is 0 Å². The highest BCUT2D eigenvalue weighted by molar-refractivity contribution is 5.93. The quantitative estimate of drug-likeness (QED) is 0.512. The van der Waals surface area contributed by atoms with Gasteiger partial charge in [-0.2, -0.15) is 5.10 Å². The maximum Gasteiger partial charge on any atom is 0.159 e. The van der Waals surface area contributed by atoms with E-state index in [1.54, 1.807) is 6.07 Å². The van der Waals surface area contributed by atoms with Crippen molar-refractivity contribution < 1.29 is 9.13 Å². The van der Waals surface area contributed by atoms with Crippen LogP contribution in [0.15, 0.2) is 36.4 Å². The zero-order valence-corrected chi connectivity index (χ0v) is 18.0. The van der Waals surface area contributed by atoms with Gasteiger partial charge in [-0.25, -0.2) is 9.37 Å². The van der Waals surface area contributed by atoms with Crippen LogP contribution in [0, 0.1) is 5.82 Å². The maximum absolute atomic E-state index is 13.5. The SMILES string of the molecule is CC[C@@H]1CO[C@@H](CN(C)C)CN1c1ccc2nc(-c3n[nH]c4cc(F)ccc34)[nH]c2c1. The maximum atomic E-state index is 13.5. The van der Waals surface area contributed by atoms with E-state index in [-0.39, 0.29) is 11.9 Å². The van der Waals surface area contributed by atoms with Crippen LogP contribution < -0.4 is 4.90 Å². The second-order valence-corrected chi connectivity index (χ2v) is 8.48. The molecule has 8 heteroatoms. The Kier molecular flexibility index (Phi) is 5.11. The molecule has 2 N–H and O–H groups in total. The van der Waals surface area contributed by atoms with Crippen LogP contribution in [-0.4, -0.2) is 71.0 Å². The Morgan fingerprint density at radius 3 is 2.87 bits per heavy atom. The van der Waals surface area contributed by atoms with Gasteiger partial charge in [0, 0.05) is 24.2 Å². The van der Waals surface area contributed by atoms with Crippen LogP contribution in [-0.2, 0) is 4.74 Å².